The van der Waals surface area contributed by atoms with Crippen molar-refractivity contribution >= 4 is 23.8 Å². The van der Waals surface area contributed by atoms with Gasteiger partial charge in [0, 0.05) is 37.3 Å². The Labute approximate surface area is 213 Å². The van der Waals surface area contributed by atoms with E-state index < -0.39 is 0 Å². The van der Waals surface area contributed by atoms with Crippen LogP contribution in [0.15, 0.2) is 24.3 Å². The average molecular weight is 501 g/mol. The van der Waals surface area contributed by atoms with E-state index in [0.29, 0.717) is 75.5 Å². The maximum absolute atomic E-state index is 12.4. The van der Waals surface area contributed by atoms with E-state index in [1.165, 1.54) is 12.8 Å². The van der Waals surface area contributed by atoms with Gasteiger partial charge in [-0.1, -0.05) is 25.0 Å². The molecule has 0 unspecified atom stereocenters. The molecule has 1 aliphatic rings. The summed E-state index contributed by atoms with van der Waals surface area (Å²) < 4.78 is 10.7. The third kappa shape index (κ3) is 9.92. The number of ether oxygens (including phenoxy) is 2. The molecular weight excluding hydrogens is 460 g/mol. The van der Waals surface area contributed by atoms with Crippen LogP contribution in [0.5, 0.6) is 0 Å². The lowest BCUT2D eigenvalue weighted by molar-refractivity contribution is 0.0511. The van der Waals surface area contributed by atoms with Crippen LogP contribution in [0.2, 0.25) is 0 Å². The molecule has 36 heavy (non-hydrogen) atoms. The second kappa shape index (κ2) is 15.2. The van der Waals surface area contributed by atoms with Crippen molar-refractivity contribution in [3.05, 3.63) is 35.4 Å². The lowest BCUT2D eigenvalue weighted by Crippen LogP contribution is -2.27. The topological polar surface area (TPSA) is 148 Å². The molecule has 0 bridgehead atoms. The van der Waals surface area contributed by atoms with E-state index in [0.717, 1.165) is 18.4 Å². The highest BCUT2D eigenvalue weighted by Gasteiger charge is 2.17. The highest BCUT2D eigenvalue weighted by atomic mass is 16.5. The fourth-order valence-corrected chi connectivity index (χ4v) is 3.79. The Hall–Kier alpha value is -3.02. The Balaban J connectivity index is 1.46. The number of carbonyl (C=O) groups excluding carboxylic acids is 1. The number of amides is 1. The normalized spacial score (nSPS) is 13.7. The smallest absolute Gasteiger partial charge is 0.251 e. The highest BCUT2D eigenvalue weighted by molar-refractivity contribution is 5.94. The molecule has 3 rings (SSSR count). The number of anilines is 3. The number of nitrogens with two attached hydrogens (primary N) is 1. The molecule has 6 N–H and O–H groups in total. The zero-order valence-corrected chi connectivity index (χ0v) is 21.4. The lowest BCUT2D eigenvalue weighted by Gasteiger charge is -2.15. The summed E-state index contributed by atoms with van der Waals surface area (Å²) in [6, 6.07) is 8.06. The molecule has 0 radical (unpaired) electrons. The first-order valence-electron chi connectivity index (χ1n) is 12.8. The van der Waals surface area contributed by atoms with Crippen LogP contribution >= 0.6 is 0 Å². The molecule has 1 saturated carbocycles. The molecule has 2 aromatic rings. The minimum Gasteiger partial charge on any atom is -0.378 e. The number of carbonyl (C=O) groups is 1. The Morgan fingerprint density at radius 2 is 1.64 bits per heavy atom. The van der Waals surface area contributed by atoms with Gasteiger partial charge in [-0.05, 0) is 44.4 Å². The first-order valence-corrected chi connectivity index (χ1v) is 12.8. The van der Waals surface area contributed by atoms with Crippen LogP contribution in [-0.2, 0) is 16.0 Å². The van der Waals surface area contributed by atoms with Gasteiger partial charge in [0.2, 0.25) is 17.8 Å². The fourth-order valence-electron chi connectivity index (χ4n) is 3.79. The van der Waals surface area contributed by atoms with Crippen LogP contribution in [0.25, 0.3) is 0 Å². The zero-order chi connectivity index (χ0) is 25.6. The van der Waals surface area contributed by atoms with Crippen molar-refractivity contribution in [2.24, 2.45) is 5.73 Å². The van der Waals surface area contributed by atoms with Gasteiger partial charge in [0.05, 0.1) is 26.4 Å². The summed E-state index contributed by atoms with van der Waals surface area (Å²) in [7, 11) is 0. The Morgan fingerprint density at radius 1 is 0.972 bits per heavy atom. The Morgan fingerprint density at radius 3 is 2.33 bits per heavy atom. The number of aromatic nitrogens is 3. The molecule has 0 atom stereocenters. The number of nitrogens with zero attached hydrogens (tertiary/aromatic N) is 3. The third-order valence-corrected chi connectivity index (χ3v) is 5.57. The molecule has 1 aliphatic carbocycles. The van der Waals surface area contributed by atoms with E-state index in [9.17, 15) is 4.79 Å². The van der Waals surface area contributed by atoms with Gasteiger partial charge in [-0.2, -0.15) is 15.0 Å². The summed E-state index contributed by atoms with van der Waals surface area (Å²) in [5, 5.41) is 12.8. The van der Waals surface area contributed by atoms with E-state index in [4.69, 9.17) is 15.2 Å². The number of benzene rings is 1. The van der Waals surface area contributed by atoms with Gasteiger partial charge in [0.25, 0.3) is 5.91 Å². The number of hydrogen-bond donors (Lipinski definition) is 5. The monoisotopic (exact) mass is 500 g/mol. The molecule has 1 amide bonds. The second-order valence-corrected chi connectivity index (χ2v) is 9.05. The third-order valence-electron chi connectivity index (χ3n) is 5.57. The minimum atomic E-state index is -0.137. The largest absolute Gasteiger partial charge is 0.378 e. The maximum atomic E-state index is 12.4. The van der Waals surface area contributed by atoms with Crippen molar-refractivity contribution in [3.63, 3.8) is 0 Å². The molecule has 1 fully saturated rings. The number of nitrogens with one attached hydrogen (secondary N) is 4. The molecule has 11 heteroatoms. The van der Waals surface area contributed by atoms with E-state index in [1.54, 1.807) is 12.1 Å². The molecule has 1 aromatic heterocycles. The van der Waals surface area contributed by atoms with Gasteiger partial charge < -0.3 is 36.5 Å². The quantitative estimate of drug-likeness (QED) is 0.218. The zero-order valence-electron chi connectivity index (χ0n) is 21.4. The average Bonchev–Trinajstić information content (AvgIpc) is 3.37. The minimum absolute atomic E-state index is 0.137. The van der Waals surface area contributed by atoms with Crippen LogP contribution in [0.3, 0.4) is 0 Å². The predicted molar refractivity (Wildman–Crippen MR) is 141 cm³/mol. The summed E-state index contributed by atoms with van der Waals surface area (Å²) in [5.41, 5.74) is 6.96. The van der Waals surface area contributed by atoms with E-state index in [1.807, 2.05) is 26.0 Å². The first kappa shape index (κ1) is 27.6. The summed E-state index contributed by atoms with van der Waals surface area (Å²) >= 11 is 0. The SMILES string of the molecule is CC(C)Nc1nc(NCc2ccc(C(=O)NCCOCCOCCN)cc2)nc(NC2CCCC2)n1. The van der Waals surface area contributed by atoms with Crippen LogP contribution in [0, 0.1) is 0 Å². The van der Waals surface area contributed by atoms with Crippen LogP contribution in [-0.4, -0.2) is 72.5 Å². The summed E-state index contributed by atoms with van der Waals surface area (Å²) in [4.78, 5) is 25.9. The Bertz CT molecular complexity index is 920. The van der Waals surface area contributed by atoms with E-state index in [2.05, 4.69) is 36.2 Å². The van der Waals surface area contributed by atoms with Gasteiger partial charge in [-0.3, -0.25) is 4.79 Å². The standard InChI is InChI=1S/C25H40N8O3/c1-18(2)29-24-31-23(32-25(33-24)30-21-5-3-4-6-21)28-17-19-7-9-20(10-8-19)22(34)27-12-14-36-16-15-35-13-11-26/h7-10,18,21H,3-6,11-17,26H2,1-2H3,(H,27,34)(H3,28,29,30,31,32,33). The van der Waals surface area contributed by atoms with Gasteiger partial charge in [-0.15, -0.1) is 0 Å². The fraction of sp³-hybridized carbons (Fsp3) is 0.600. The first-order chi connectivity index (χ1) is 17.5. The van der Waals surface area contributed by atoms with Gasteiger partial charge in [0.1, 0.15) is 0 Å². The Kier molecular flexibility index (Phi) is 11.6. The molecule has 0 saturated heterocycles. The molecule has 0 spiro atoms. The van der Waals surface area contributed by atoms with Crippen molar-refractivity contribution in [1.82, 2.24) is 20.3 Å². The maximum Gasteiger partial charge on any atom is 0.251 e. The van der Waals surface area contributed by atoms with Crippen LogP contribution < -0.4 is 27.0 Å². The van der Waals surface area contributed by atoms with E-state index >= 15 is 0 Å². The van der Waals surface area contributed by atoms with Crippen molar-refractivity contribution in [1.29, 1.82) is 0 Å². The molecule has 0 aliphatic heterocycles. The summed E-state index contributed by atoms with van der Waals surface area (Å²) in [5.74, 6) is 1.49. The van der Waals surface area contributed by atoms with Crippen molar-refractivity contribution in [2.45, 2.75) is 58.2 Å². The van der Waals surface area contributed by atoms with Crippen LogP contribution in [0.1, 0.15) is 55.5 Å². The number of hydrogen-bond acceptors (Lipinski definition) is 10. The van der Waals surface area contributed by atoms with Gasteiger partial charge >= 0.3 is 0 Å². The van der Waals surface area contributed by atoms with Gasteiger partial charge in [0.15, 0.2) is 0 Å². The van der Waals surface area contributed by atoms with Crippen molar-refractivity contribution in [2.75, 3.05) is 55.5 Å². The van der Waals surface area contributed by atoms with Crippen molar-refractivity contribution < 1.29 is 14.3 Å². The molecule has 1 aromatic carbocycles. The second-order valence-electron chi connectivity index (χ2n) is 9.05. The molecule has 198 valence electrons. The van der Waals surface area contributed by atoms with E-state index in [-0.39, 0.29) is 11.9 Å². The summed E-state index contributed by atoms with van der Waals surface area (Å²) in [6.45, 7) is 7.48. The number of rotatable bonds is 16. The highest BCUT2D eigenvalue weighted by Crippen LogP contribution is 2.22. The molecule has 1 heterocycles. The predicted octanol–water partition coefficient (Wildman–Crippen LogP) is 2.38. The molecule has 11 nitrogen and oxygen atoms in total. The van der Waals surface area contributed by atoms with Crippen LogP contribution in [0.4, 0.5) is 17.8 Å². The summed E-state index contributed by atoms with van der Waals surface area (Å²) in [6.07, 6.45) is 4.74. The molecular formula is C25H40N8O3. The van der Waals surface area contributed by atoms with Gasteiger partial charge in [-0.25, -0.2) is 0 Å². The van der Waals surface area contributed by atoms with Crippen molar-refractivity contribution in [3.8, 4) is 0 Å². The lowest BCUT2D eigenvalue weighted by atomic mass is 10.1.